The SMILES string of the molecule is CC(=O)N(C)C1CCN(Cc2cc(C)cc(F)c2)C1. The van der Waals surface area contributed by atoms with Crippen molar-refractivity contribution in [1.82, 2.24) is 9.80 Å². The first-order valence-electron chi connectivity index (χ1n) is 6.67. The first-order chi connectivity index (χ1) is 8.95. The fraction of sp³-hybridized carbons (Fsp3) is 0.533. The van der Waals surface area contributed by atoms with Gasteiger partial charge in [0.15, 0.2) is 0 Å². The molecule has 1 aliphatic rings. The van der Waals surface area contributed by atoms with Crippen LogP contribution in [0, 0.1) is 12.7 Å². The van der Waals surface area contributed by atoms with Gasteiger partial charge in [-0.05, 0) is 36.6 Å². The summed E-state index contributed by atoms with van der Waals surface area (Å²) in [5.41, 5.74) is 1.95. The number of likely N-dealkylation sites (N-methyl/N-ethyl adjacent to an activating group) is 1. The minimum atomic E-state index is -0.174. The zero-order chi connectivity index (χ0) is 14.0. The van der Waals surface area contributed by atoms with Crippen molar-refractivity contribution in [3.8, 4) is 0 Å². The molecule has 0 spiro atoms. The van der Waals surface area contributed by atoms with Crippen molar-refractivity contribution < 1.29 is 9.18 Å². The number of nitrogens with zero attached hydrogens (tertiary/aromatic N) is 2. The van der Waals surface area contributed by atoms with Gasteiger partial charge in [0.2, 0.25) is 5.91 Å². The van der Waals surface area contributed by atoms with E-state index >= 15 is 0 Å². The summed E-state index contributed by atoms with van der Waals surface area (Å²) >= 11 is 0. The molecule has 1 aromatic carbocycles. The highest BCUT2D eigenvalue weighted by Crippen LogP contribution is 2.18. The van der Waals surface area contributed by atoms with Gasteiger partial charge in [-0.3, -0.25) is 9.69 Å². The van der Waals surface area contributed by atoms with E-state index in [1.165, 1.54) is 0 Å². The highest BCUT2D eigenvalue weighted by atomic mass is 19.1. The molecule has 2 rings (SSSR count). The van der Waals surface area contributed by atoms with E-state index in [1.54, 1.807) is 24.0 Å². The van der Waals surface area contributed by atoms with Crippen LogP contribution in [-0.2, 0) is 11.3 Å². The molecule has 1 saturated heterocycles. The fourth-order valence-electron chi connectivity index (χ4n) is 2.69. The molecule has 0 bridgehead atoms. The summed E-state index contributed by atoms with van der Waals surface area (Å²) < 4.78 is 13.3. The lowest BCUT2D eigenvalue weighted by atomic mass is 10.1. The van der Waals surface area contributed by atoms with Gasteiger partial charge in [0.25, 0.3) is 0 Å². The average Bonchev–Trinajstić information content (AvgIpc) is 2.74. The first kappa shape index (κ1) is 14.0. The average molecular weight is 264 g/mol. The molecule has 19 heavy (non-hydrogen) atoms. The van der Waals surface area contributed by atoms with Gasteiger partial charge in [0, 0.05) is 39.6 Å². The maximum atomic E-state index is 13.3. The molecule has 1 atom stereocenters. The van der Waals surface area contributed by atoms with Crippen LogP contribution in [0.3, 0.4) is 0 Å². The number of carbonyl (C=O) groups is 1. The minimum Gasteiger partial charge on any atom is -0.342 e. The number of halogens is 1. The van der Waals surface area contributed by atoms with Crippen LogP contribution in [0.5, 0.6) is 0 Å². The van der Waals surface area contributed by atoms with Crippen molar-refractivity contribution >= 4 is 5.91 Å². The number of hydrogen-bond acceptors (Lipinski definition) is 2. The second-order valence-electron chi connectivity index (χ2n) is 5.44. The van der Waals surface area contributed by atoms with Crippen LogP contribution in [0.15, 0.2) is 18.2 Å². The monoisotopic (exact) mass is 264 g/mol. The molecule has 0 radical (unpaired) electrons. The van der Waals surface area contributed by atoms with Gasteiger partial charge in [-0.15, -0.1) is 0 Å². The normalized spacial score (nSPS) is 19.7. The summed E-state index contributed by atoms with van der Waals surface area (Å²) in [4.78, 5) is 15.4. The molecule has 0 saturated carbocycles. The molecule has 1 amide bonds. The zero-order valence-corrected chi connectivity index (χ0v) is 11.8. The Morgan fingerprint density at radius 1 is 1.47 bits per heavy atom. The Hall–Kier alpha value is -1.42. The van der Waals surface area contributed by atoms with Crippen LogP contribution in [-0.4, -0.2) is 41.9 Å². The molecule has 0 aromatic heterocycles. The third-order valence-corrected chi connectivity index (χ3v) is 3.80. The zero-order valence-electron chi connectivity index (χ0n) is 11.8. The molecule has 0 aliphatic carbocycles. The van der Waals surface area contributed by atoms with E-state index in [9.17, 15) is 9.18 Å². The third kappa shape index (κ3) is 3.53. The lowest BCUT2D eigenvalue weighted by molar-refractivity contribution is -0.129. The molecule has 1 aromatic rings. The van der Waals surface area contributed by atoms with E-state index in [1.807, 2.05) is 20.0 Å². The van der Waals surface area contributed by atoms with Gasteiger partial charge in [-0.1, -0.05) is 6.07 Å². The summed E-state index contributed by atoms with van der Waals surface area (Å²) in [6.45, 7) is 6.08. The Morgan fingerprint density at radius 3 is 2.84 bits per heavy atom. The van der Waals surface area contributed by atoms with Crippen LogP contribution in [0.2, 0.25) is 0 Å². The molecular weight excluding hydrogens is 243 g/mol. The summed E-state index contributed by atoms with van der Waals surface area (Å²) in [7, 11) is 1.85. The lowest BCUT2D eigenvalue weighted by Crippen LogP contribution is -2.37. The largest absolute Gasteiger partial charge is 0.342 e. The summed E-state index contributed by atoms with van der Waals surface area (Å²) in [6.07, 6.45) is 0.990. The minimum absolute atomic E-state index is 0.105. The van der Waals surface area contributed by atoms with E-state index in [4.69, 9.17) is 0 Å². The molecule has 1 unspecified atom stereocenters. The van der Waals surface area contributed by atoms with Gasteiger partial charge in [-0.2, -0.15) is 0 Å². The number of amides is 1. The molecule has 0 N–H and O–H groups in total. The Morgan fingerprint density at radius 2 is 2.21 bits per heavy atom. The van der Waals surface area contributed by atoms with Crippen molar-refractivity contribution in [3.63, 3.8) is 0 Å². The molecule has 104 valence electrons. The smallest absolute Gasteiger partial charge is 0.219 e. The van der Waals surface area contributed by atoms with Gasteiger partial charge in [-0.25, -0.2) is 4.39 Å². The van der Waals surface area contributed by atoms with Gasteiger partial charge in [0.05, 0.1) is 0 Å². The Kier molecular flexibility index (Phi) is 4.20. The third-order valence-electron chi connectivity index (χ3n) is 3.80. The summed E-state index contributed by atoms with van der Waals surface area (Å²) in [6, 6.07) is 5.44. The van der Waals surface area contributed by atoms with Crippen molar-refractivity contribution in [3.05, 3.63) is 35.1 Å². The predicted octanol–water partition coefficient (Wildman–Crippen LogP) is 2.19. The van der Waals surface area contributed by atoms with Crippen LogP contribution >= 0.6 is 0 Å². The number of benzene rings is 1. The topological polar surface area (TPSA) is 23.6 Å². The highest BCUT2D eigenvalue weighted by molar-refractivity contribution is 5.73. The van der Waals surface area contributed by atoms with E-state index in [2.05, 4.69) is 4.90 Å². The van der Waals surface area contributed by atoms with Gasteiger partial charge >= 0.3 is 0 Å². The first-order valence-corrected chi connectivity index (χ1v) is 6.67. The molecule has 3 nitrogen and oxygen atoms in total. The highest BCUT2D eigenvalue weighted by Gasteiger charge is 2.26. The van der Waals surface area contributed by atoms with Gasteiger partial charge < -0.3 is 4.90 Å². The van der Waals surface area contributed by atoms with E-state index in [0.717, 1.165) is 37.2 Å². The summed E-state index contributed by atoms with van der Waals surface area (Å²) in [5, 5.41) is 0. The van der Waals surface area contributed by atoms with E-state index in [0.29, 0.717) is 0 Å². The Labute approximate surface area is 114 Å². The van der Waals surface area contributed by atoms with Gasteiger partial charge in [0.1, 0.15) is 5.82 Å². The molecule has 4 heteroatoms. The quantitative estimate of drug-likeness (QED) is 0.835. The van der Waals surface area contributed by atoms with Crippen LogP contribution in [0.25, 0.3) is 0 Å². The van der Waals surface area contributed by atoms with Crippen LogP contribution < -0.4 is 0 Å². The molecule has 1 fully saturated rings. The molecule has 1 heterocycles. The molecular formula is C15H21FN2O. The summed E-state index contributed by atoms with van der Waals surface area (Å²) in [5.74, 6) is -0.0694. The second-order valence-corrected chi connectivity index (χ2v) is 5.44. The van der Waals surface area contributed by atoms with Crippen LogP contribution in [0.4, 0.5) is 4.39 Å². The number of likely N-dealkylation sites (tertiary alicyclic amines) is 1. The second kappa shape index (κ2) is 5.70. The van der Waals surface area contributed by atoms with E-state index in [-0.39, 0.29) is 17.8 Å². The van der Waals surface area contributed by atoms with Crippen molar-refractivity contribution in [2.45, 2.75) is 32.9 Å². The Bertz CT molecular complexity index is 455. The molecule has 1 aliphatic heterocycles. The Balaban J connectivity index is 1.96. The number of rotatable bonds is 3. The number of carbonyl (C=O) groups excluding carboxylic acids is 1. The van der Waals surface area contributed by atoms with Crippen molar-refractivity contribution in [2.75, 3.05) is 20.1 Å². The van der Waals surface area contributed by atoms with E-state index < -0.39 is 0 Å². The lowest BCUT2D eigenvalue weighted by Gasteiger charge is -2.23. The maximum Gasteiger partial charge on any atom is 0.219 e. The van der Waals surface area contributed by atoms with Crippen molar-refractivity contribution in [2.24, 2.45) is 0 Å². The maximum absolute atomic E-state index is 13.3. The predicted molar refractivity (Wildman–Crippen MR) is 73.3 cm³/mol. The fourth-order valence-corrected chi connectivity index (χ4v) is 2.69. The standard InChI is InChI=1S/C15H21FN2O/c1-11-6-13(8-14(16)7-11)9-18-5-4-15(10-18)17(3)12(2)19/h6-8,15H,4-5,9-10H2,1-3H3. The van der Waals surface area contributed by atoms with Crippen molar-refractivity contribution in [1.29, 1.82) is 0 Å². The van der Waals surface area contributed by atoms with Crippen LogP contribution in [0.1, 0.15) is 24.5 Å². The number of hydrogen-bond donors (Lipinski definition) is 0. The number of aryl methyl sites for hydroxylation is 1.